The first kappa shape index (κ1) is 20.1. The average molecular weight is 371 g/mol. The van der Waals surface area contributed by atoms with Gasteiger partial charge in [0.2, 0.25) is 0 Å². The summed E-state index contributed by atoms with van der Waals surface area (Å²) in [5.74, 6) is 0.755. The second kappa shape index (κ2) is 8.56. The van der Waals surface area contributed by atoms with Crippen molar-refractivity contribution in [2.45, 2.75) is 47.5 Å². The third-order valence-corrected chi connectivity index (χ3v) is 5.57. The first-order valence-electron chi connectivity index (χ1n) is 10.3. The van der Waals surface area contributed by atoms with Gasteiger partial charge in [0.15, 0.2) is 0 Å². The van der Waals surface area contributed by atoms with Crippen molar-refractivity contribution < 1.29 is 4.79 Å². The van der Waals surface area contributed by atoms with E-state index in [1.54, 1.807) is 0 Å². The summed E-state index contributed by atoms with van der Waals surface area (Å²) in [6.45, 7) is 10.6. The molecule has 1 aliphatic carbocycles. The Bertz CT molecular complexity index is 1040. The van der Waals surface area contributed by atoms with Crippen LogP contribution in [-0.2, 0) is 0 Å². The number of carbonyl (C=O) groups excluding carboxylic acids is 1. The molecule has 0 saturated heterocycles. The topological polar surface area (TPSA) is 17.1 Å². The minimum Gasteiger partial charge on any atom is -0.298 e. The van der Waals surface area contributed by atoms with E-state index in [2.05, 4.69) is 63.2 Å². The van der Waals surface area contributed by atoms with Crippen LogP contribution in [0.3, 0.4) is 0 Å². The van der Waals surface area contributed by atoms with Crippen molar-refractivity contribution >= 4 is 22.6 Å². The summed E-state index contributed by atoms with van der Waals surface area (Å²) in [5.41, 5.74) is 8.54. The van der Waals surface area contributed by atoms with Gasteiger partial charge in [-0.2, -0.15) is 0 Å². The molecule has 1 atom stereocenters. The molecule has 0 bridgehead atoms. The van der Waals surface area contributed by atoms with E-state index in [1.165, 1.54) is 46.1 Å². The van der Waals surface area contributed by atoms with E-state index in [9.17, 15) is 4.79 Å². The Morgan fingerprint density at radius 2 is 1.64 bits per heavy atom. The molecule has 3 aromatic carbocycles. The fraction of sp³-hybridized carbons (Fsp3) is 0.296. The highest BCUT2D eigenvalue weighted by atomic mass is 16.1. The fourth-order valence-corrected chi connectivity index (χ4v) is 4.06. The van der Waals surface area contributed by atoms with Crippen LogP contribution in [0.5, 0.6) is 0 Å². The number of rotatable bonds is 3. The summed E-state index contributed by atoms with van der Waals surface area (Å²) in [7, 11) is 0. The SMILES string of the molecule is CC.Cc1ccc(C2=CCC(C)C2)cc1-c1ccc2cc(C=O)cc(C)c2c1. The minimum absolute atomic E-state index is 0.739. The van der Waals surface area contributed by atoms with Crippen LogP contribution in [0.2, 0.25) is 0 Å². The second-order valence-electron chi connectivity index (χ2n) is 7.70. The van der Waals surface area contributed by atoms with Crippen molar-refractivity contribution in [2.24, 2.45) is 5.92 Å². The predicted molar refractivity (Wildman–Crippen MR) is 122 cm³/mol. The molecule has 144 valence electrons. The molecule has 0 fully saturated rings. The normalized spacial score (nSPS) is 15.8. The second-order valence-corrected chi connectivity index (χ2v) is 7.70. The summed E-state index contributed by atoms with van der Waals surface area (Å²) < 4.78 is 0. The van der Waals surface area contributed by atoms with Crippen molar-refractivity contribution in [3.05, 3.63) is 76.9 Å². The number of hydrogen-bond donors (Lipinski definition) is 0. The zero-order valence-electron chi connectivity index (χ0n) is 17.7. The Labute approximate surface area is 169 Å². The van der Waals surface area contributed by atoms with Crippen LogP contribution in [0, 0.1) is 19.8 Å². The van der Waals surface area contributed by atoms with Gasteiger partial charge in [-0.1, -0.05) is 51.1 Å². The van der Waals surface area contributed by atoms with Gasteiger partial charge in [-0.05, 0) is 101 Å². The first-order valence-corrected chi connectivity index (χ1v) is 10.3. The molecule has 0 radical (unpaired) electrons. The van der Waals surface area contributed by atoms with Crippen molar-refractivity contribution in [3.63, 3.8) is 0 Å². The molecular weight excluding hydrogens is 340 g/mol. The zero-order valence-corrected chi connectivity index (χ0v) is 17.7. The lowest BCUT2D eigenvalue weighted by Gasteiger charge is -2.13. The van der Waals surface area contributed by atoms with Gasteiger partial charge >= 0.3 is 0 Å². The first-order chi connectivity index (χ1) is 13.5. The molecule has 0 aromatic heterocycles. The van der Waals surface area contributed by atoms with Crippen LogP contribution in [0.1, 0.15) is 60.7 Å². The summed E-state index contributed by atoms with van der Waals surface area (Å²) >= 11 is 0. The Hall–Kier alpha value is -2.67. The van der Waals surface area contributed by atoms with E-state index in [-0.39, 0.29) is 0 Å². The molecular formula is C27H30O. The van der Waals surface area contributed by atoms with E-state index >= 15 is 0 Å². The van der Waals surface area contributed by atoms with Gasteiger partial charge in [-0.25, -0.2) is 0 Å². The highest BCUT2D eigenvalue weighted by Gasteiger charge is 2.15. The van der Waals surface area contributed by atoms with Gasteiger partial charge < -0.3 is 0 Å². The van der Waals surface area contributed by atoms with Crippen LogP contribution in [0.25, 0.3) is 27.5 Å². The quantitative estimate of drug-likeness (QED) is 0.430. The number of fused-ring (bicyclic) bond motifs is 1. The minimum atomic E-state index is 0.739. The molecule has 1 nitrogen and oxygen atoms in total. The van der Waals surface area contributed by atoms with Gasteiger partial charge in [0.1, 0.15) is 6.29 Å². The predicted octanol–water partition coefficient (Wildman–Crippen LogP) is 7.78. The van der Waals surface area contributed by atoms with Crippen LogP contribution in [0.15, 0.2) is 54.6 Å². The largest absolute Gasteiger partial charge is 0.298 e. The molecule has 0 heterocycles. The number of hydrogen-bond acceptors (Lipinski definition) is 1. The van der Waals surface area contributed by atoms with Gasteiger partial charge in [-0.15, -0.1) is 0 Å². The van der Waals surface area contributed by atoms with E-state index in [0.29, 0.717) is 0 Å². The number of aryl methyl sites for hydroxylation is 2. The molecule has 1 unspecified atom stereocenters. The fourth-order valence-electron chi connectivity index (χ4n) is 4.06. The maximum atomic E-state index is 11.1. The van der Waals surface area contributed by atoms with E-state index in [0.717, 1.165) is 28.7 Å². The lowest BCUT2D eigenvalue weighted by molar-refractivity contribution is 0.112. The van der Waals surface area contributed by atoms with Gasteiger partial charge in [0, 0.05) is 5.56 Å². The number of carbonyl (C=O) groups is 1. The number of allylic oxidation sites excluding steroid dienone is 2. The number of aldehydes is 1. The summed E-state index contributed by atoms with van der Waals surface area (Å²) in [6.07, 6.45) is 5.68. The lowest BCUT2D eigenvalue weighted by Crippen LogP contribution is -1.91. The number of benzene rings is 3. The van der Waals surface area contributed by atoms with Gasteiger partial charge in [-0.3, -0.25) is 4.79 Å². The summed E-state index contributed by atoms with van der Waals surface area (Å²) in [6, 6.07) is 17.3. The Kier molecular flexibility index (Phi) is 6.14. The van der Waals surface area contributed by atoms with E-state index in [4.69, 9.17) is 0 Å². The molecule has 0 N–H and O–H groups in total. The lowest BCUT2D eigenvalue weighted by atomic mass is 9.92. The third-order valence-electron chi connectivity index (χ3n) is 5.57. The molecule has 1 heteroatoms. The monoisotopic (exact) mass is 370 g/mol. The molecule has 0 amide bonds. The van der Waals surface area contributed by atoms with Crippen LogP contribution < -0.4 is 0 Å². The van der Waals surface area contributed by atoms with Crippen LogP contribution >= 0.6 is 0 Å². The van der Waals surface area contributed by atoms with Crippen molar-refractivity contribution in [1.82, 2.24) is 0 Å². The molecule has 0 spiro atoms. The molecule has 4 rings (SSSR count). The van der Waals surface area contributed by atoms with Crippen LogP contribution in [0.4, 0.5) is 0 Å². The highest BCUT2D eigenvalue weighted by Crippen LogP contribution is 2.35. The average Bonchev–Trinajstić information content (AvgIpc) is 3.16. The molecule has 28 heavy (non-hydrogen) atoms. The maximum absolute atomic E-state index is 11.1. The maximum Gasteiger partial charge on any atom is 0.150 e. The third kappa shape index (κ3) is 3.94. The summed E-state index contributed by atoms with van der Waals surface area (Å²) in [4.78, 5) is 11.1. The Morgan fingerprint density at radius 3 is 2.32 bits per heavy atom. The Morgan fingerprint density at radius 1 is 0.893 bits per heavy atom. The van der Waals surface area contributed by atoms with Crippen molar-refractivity contribution in [1.29, 1.82) is 0 Å². The molecule has 3 aromatic rings. The van der Waals surface area contributed by atoms with Gasteiger partial charge in [0.25, 0.3) is 0 Å². The molecule has 1 aliphatic rings. The molecule has 0 aliphatic heterocycles. The van der Waals surface area contributed by atoms with Gasteiger partial charge in [0.05, 0.1) is 0 Å². The van der Waals surface area contributed by atoms with E-state index < -0.39 is 0 Å². The molecule has 0 saturated carbocycles. The highest BCUT2D eigenvalue weighted by molar-refractivity contribution is 5.94. The Balaban J connectivity index is 0.00000109. The smallest absolute Gasteiger partial charge is 0.150 e. The zero-order chi connectivity index (χ0) is 20.3. The van der Waals surface area contributed by atoms with Crippen molar-refractivity contribution in [3.8, 4) is 11.1 Å². The van der Waals surface area contributed by atoms with Crippen molar-refractivity contribution in [2.75, 3.05) is 0 Å². The van der Waals surface area contributed by atoms with Crippen LogP contribution in [-0.4, -0.2) is 6.29 Å². The van der Waals surface area contributed by atoms with E-state index in [1.807, 2.05) is 26.0 Å². The standard InChI is InChI=1S/C25H24O.C2H6/c1-16-4-6-20(10-16)21-7-5-17(2)24(13-21)23-9-8-22-12-19(15-26)11-18(3)25(22)14-23;1-2/h5-9,11-16H,4,10H2,1-3H3;1-2H3. The summed E-state index contributed by atoms with van der Waals surface area (Å²) in [5, 5.41) is 2.34.